The van der Waals surface area contributed by atoms with Gasteiger partial charge < -0.3 is 14.7 Å². The molecule has 27 heavy (non-hydrogen) atoms. The number of rotatable bonds is 7. The third kappa shape index (κ3) is 5.78. The molecule has 1 atom stereocenters. The monoisotopic (exact) mass is 395 g/mol. The smallest absolute Gasteiger partial charge is 0.310 e. The number of hydrogen-bond acceptors (Lipinski definition) is 4. The Hall–Kier alpha value is -1.92. The van der Waals surface area contributed by atoms with E-state index in [0.717, 1.165) is 23.0 Å². The summed E-state index contributed by atoms with van der Waals surface area (Å²) in [6, 6.07) is 3.91. The number of halogens is 1. The molecular weight excluding hydrogens is 365 g/mol. The van der Waals surface area contributed by atoms with Crippen molar-refractivity contribution in [3.05, 3.63) is 53.7 Å². The molecule has 1 unspecified atom stereocenters. The molecule has 0 amide bonds. The molecule has 1 aliphatic rings. The number of anilines is 1. The number of morpholine rings is 1. The number of hydrogen-bond donors (Lipinski definition) is 1. The fourth-order valence-electron chi connectivity index (χ4n) is 2.95. The van der Waals surface area contributed by atoms with Gasteiger partial charge in [-0.1, -0.05) is 33.1 Å². The first kappa shape index (κ1) is 23.1. The van der Waals surface area contributed by atoms with Crippen LogP contribution in [0.3, 0.4) is 0 Å². The maximum Gasteiger partial charge on any atom is 0.310 e. The molecule has 150 valence electrons. The first-order valence-electron chi connectivity index (χ1n) is 9.11. The van der Waals surface area contributed by atoms with E-state index >= 15 is 0 Å². The van der Waals surface area contributed by atoms with Gasteiger partial charge in [0, 0.05) is 23.9 Å². The van der Waals surface area contributed by atoms with Crippen molar-refractivity contribution in [2.45, 2.75) is 33.6 Å². The van der Waals surface area contributed by atoms with Crippen molar-refractivity contribution in [1.29, 1.82) is 0 Å². The zero-order chi connectivity index (χ0) is 20.6. The summed E-state index contributed by atoms with van der Waals surface area (Å²) in [4.78, 5) is 14.9. The molecule has 0 aromatic carbocycles. The van der Waals surface area contributed by atoms with E-state index in [1.807, 2.05) is 26.0 Å². The fourth-order valence-corrected chi connectivity index (χ4v) is 4.33. The Kier molecular flexibility index (Phi) is 8.93. The van der Waals surface area contributed by atoms with Crippen molar-refractivity contribution in [3.8, 4) is 0 Å². The largest absolute Gasteiger partial charge is 0.481 e. The summed E-state index contributed by atoms with van der Waals surface area (Å²) in [6.45, 7) is 17.3. The molecule has 1 aromatic rings. The summed E-state index contributed by atoms with van der Waals surface area (Å²) in [5, 5.41) is 10.8. The molecule has 0 spiro atoms. The summed E-state index contributed by atoms with van der Waals surface area (Å²) in [6.07, 6.45) is 2.77. The number of carboxylic acid groups (broad SMARTS) is 1. The predicted molar refractivity (Wildman–Crippen MR) is 111 cm³/mol. The first-order valence-corrected chi connectivity index (χ1v) is 9.93. The van der Waals surface area contributed by atoms with Gasteiger partial charge in [0.05, 0.1) is 23.6 Å². The van der Waals surface area contributed by atoms with Crippen LogP contribution in [0.4, 0.5) is 9.39 Å². The van der Waals surface area contributed by atoms with Gasteiger partial charge in [-0.3, -0.25) is 4.79 Å². The van der Waals surface area contributed by atoms with Crippen LogP contribution >= 0.6 is 11.3 Å². The third-order valence-corrected chi connectivity index (χ3v) is 5.60. The quantitative estimate of drug-likeness (QED) is 0.628. The van der Waals surface area contributed by atoms with E-state index in [0.29, 0.717) is 18.8 Å². The van der Waals surface area contributed by atoms with Crippen LogP contribution in [0.1, 0.15) is 38.5 Å². The van der Waals surface area contributed by atoms with Crippen molar-refractivity contribution in [2.24, 2.45) is 5.41 Å². The minimum absolute atomic E-state index is 0.510. The lowest BCUT2D eigenvalue weighted by Crippen LogP contribution is -2.35. The lowest BCUT2D eigenvalue weighted by molar-refractivity contribution is -0.147. The Morgan fingerprint density at radius 3 is 2.44 bits per heavy atom. The van der Waals surface area contributed by atoms with E-state index in [9.17, 15) is 14.3 Å². The van der Waals surface area contributed by atoms with Gasteiger partial charge in [0.2, 0.25) is 0 Å². The van der Waals surface area contributed by atoms with Crippen LogP contribution < -0.4 is 4.90 Å². The Morgan fingerprint density at radius 2 is 1.96 bits per heavy atom. The molecule has 1 N–H and O–H groups in total. The summed E-state index contributed by atoms with van der Waals surface area (Å²) >= 11 is 1.53. The number of allylic oxidation sites excluding steroid dienone is 4. The van der Waals surface area contributed by atoms with Crippen molar-refractivity contribution >= 4 is 22.3 Å². The van der Waals surface area contributed by atoms with E-state index in [2.05, 4.69) is 18.1 Å². The highest BCUT2D eigenvalue weighted by molar-refractivity contribution is 7.16. The second-order valence-corrected chi connectivity index (χ2v) is 7.62. The SMILES string of the molecule is C=C/C(=C\C(=C)F)C(c1ccc(N2CCOCC2)s1)C(C)(C)C(=O)O.CC. The first-order chi connectivity index (χ1) is 12.8. The van der Waals surface area contributed by atoms with Crippen LogP contribution in [0.25, 0.3) is 0 Å². The third-order valence-electron chi connectivity index (χ3n) is 4.39. The van der Waals surface area contributed by atoms with Crippen LogP contribution in [0.15, 0.2) is 48.8 Å². The van der Waals surface area contributed by atoms with E-state index in [-0.39, 0.29) is 0 Å². The average Bonchev–Trinajstić information content (AvgIpc) is 3.12. The summed E-state index contributed by atoms with van der Waals surface area (Å²) in [5.41, 5.74) is -0.613. The summed E-state index contributed by atoms with van der Waals surface area (Å²) < 4.78 is 18.8. The zero-order valence-corrected chi connectivity index (χ0v) is 17.4. The number of carbonyl (C=O) groups is 1. The molecule has 0 saturated carbocycles. The molecule has 1 saturated heterocycles. The Morgan fingerprint density at radius 1 is 1.37 bits per heavy atom. The number of ether oxygens (including phenoxy) is 1. The molecule has 0 aliphatic carbocycles. The van der Waals surface area contributed by atoms with Crippen LogP contribution in [0.5, 0.6) is 0 Å². The second-order valence-electron chi connectivity index (χ2n) is 6.53. The van der Waals surface area contributed by atoms with Crippen molar-refractivity contribution < 1.29 is 19.0 Å². The molecule has 1 aliphatic heterocycles. The van der Waals surface area contributed by atoms with E-state index < -0.39 is 23.1 Å². The minimum Gasteiger partial charge on any atom is -0.481 e. The lowest BCUT2D eigenvalue weighted by atomic mass is 9.73. The van der Waals surface area contributed by atoms with Crippen molar-refractivity contribution in [1.82, 2.24) is 0 Å². The number of thiophene rings is 1. The molecule has 1 fully saturated rings. The van der Waals surface area contributed by atoms with Gasteiger partial charge in [-0.05, 0) is 37.6 Å². The van der Waals surface area contributed by atoms with Gasteiger partial charge in [0.25, 0.3) is 0 Å². The van der Waals surface area contributed by atoms with Crippen molar-refractivity contribution in [2.75, 3.05) is 31.2 Å². The number of nitrogens with zero attached hydrogens (tertiary/aromatic N) is 1. The molecule has 2 rings (SSSR count). The van der Waals surface area contributed by atoms with Gasteiger partial charge in [-0.2, -0.15) is 0 Å². The normalized spacial score (nSPS) is 16.2. The highest BCUT2D eigenvalue weighted by Crippen LogP contribution is 2.46. The minimum atomic E-state index is -1.12. The van der Waals surface area contributed by atoms with E-state index in [4.69, 9.17) is 4.74 Å². The second kappa shape index (κ2) is 10.4. The maximum absolute atomic E-state index is 13.4. The number of carboxylic acids is 1. The van der Waals surface area contributed by atoms with Crippen molar-refractivity contribution in [3.63, 3.8) is 0 Å². The van der Waals surface area contributed by atoms with Gasteiger partial charge in [-0.25, -0.2) is 4.39 Å². The van der Waals surface area contributed by atoms with E-state index in [1.165, 1.54) is 23.5 Å². The standard InChI is InChI=1S/C19H24FNO3S.C2H6/c1-5-14(12-13(2)20)17(19(3,4)18(22)23)15-6-7-16(25-15)21-8-10-24-11-9-21;1-2/h5-7,12,17H,1-2,8-11H2,3-4H3,(H,22,23);1-2H3/b14-12+;. The van der Waals surface area contributed by atoms with Gasteiger partial charge in [0.1, 0.15) is 5.83 Å². The van der Waals surface area contributed by atoms with Crippen LogP contribution in [0, 0.1) is 5.41 Å². The molecule has 0 radical (unpaired) electrons. The Balaban J connectivity index is 0.00000176. The molecular formula is C21H30FNO3S. The van der Waals surface area contributed by atoms with Gasteiger partial charge in [0.15, 0.2) is 0 Å². The molecule has 1 aromatic heterocycles. The molecule has 0 bridgehead atoms. The van der Waals surface area contributed by atoms with Crippen LogP contribution in [-0.4, -0.2) is 37.4 Å². The highest BCUT2D eigenvalue weighted by Gasteiger charge is 2.40. The average molecular weight is 396 g/mol. The van der Waals surface area contributed by atoms with Crippen LogP contribution in [0.2, 0.25) is 0 Å². The van der Waals surface area contributed by atoms with E-state index in [1.54, 1.807) is 13.8 Å². The lowest BCUT2D eigenvalue weighted by Gasteiger charge is -2.31. The van der Waals surface area contributed by atoms with Gasteiger partial charge >= 0.3 is 5.97 Å². The molecule has 2 heterocycles. The Bertz CT molecular complexity index is 687. The number of aliphatic carboxylic acids is 1. The topological polar surface area (TPSA) is 49.8 Å². The van der Waals surface area contributed by atoms with Gasteiger partial charge in [-0.15, -0.1) is 11.3 Å². The Labute approximate surface area is 165 Å². The zero-order valence-electron chi connectivity index (χ0n) is 16.6. The van der Waals surface area contributed by atoms with Crippen LogP contribution in [-0.2, 0) is 9.53 Å². The maximum atomic E-state index is 13.4. The highest BCUT2D eigenvalue weighted by atomic mass is 32.1. The summed E-state index contributed by atoms with van der Waals surface area (Å²) in [7, 11) is 0. The predicted octanol–water partition coefficient (Wildman–Crippen LogP) is 5.40. The molecule has 6 heteroatoms. The fraction of sp³-hybridized carbons (Fsp3) is 0.476. The summed E-state index contributed by atoms with van der Waals surface area (Å²) in [5.74, 6) is -2.09. The molecule has 4 nitrogen and oxygen atoms in total.